The zero-order valence-corrected chi connectivity index (χ0v) is 12.5. The van der Waals surface area contributed by atoms with Gasteiger partial charge < -0.3 is 11.1 Å². The van der Waals surface area contributed by atoms with E-state index < -0.39 is 0 Å². The van der Waals surface area contributed by atoms with Crippen LogP contribution in [0, 0.1) is 0 Å². The van der Waals surface area contributed by atoms with E-state index in [1.54, 1.807) is 12.1 Å². The molecule has 4 N–H and O–H groups in total. The Hall–Kier alpha value is -1.86. The van der Waals surface area contributed by atoms with Crippen molar-refractivity contribution in [2.24, 2.45) is 10.7 Å². The number of rotatable bonds is 4. The molecule has 0 spiro atoms. The number of aromatic nitrogens is 2. The smallest absolute Gasteiger partial charge is 0.271 e. The predicted molar refractivity (Wildman–Crippen MR) is 83.3 cm³/mol. The summed E-state index contributed by atoms with van der Waals surface area (Å²) in [5.41, 5.74) is 5.94. The van der Waals surface area contributed by atoms with Crippen LogP contribution in [0.1, 0.15) is 19.4 Å². The summed E-state index contributed by atoms with van der Waals surface area (Å²) in [6.07, 6.45) is 1.52. The van der Waals surface area contributed by atoms with E-state index in [1.807, 2.05) is 13.8 Å². The molecule has 106 valence electrons. The minimum atomic E-state index is -0.270. The van der Waals surface area contributed by atoms with Gasteiger partial charge in [0.2, 0.25) is 0 Å². The maximum Gasteiger partial charge on any atom is 0.271 e. The van der Waals surface area contributed by atoms with Gasteiger partial charge in [-0.05, 0) is 37.5 Å². The Balaban J connectivity index is 2.34. The van der Waals surface area contributed by atoms with Gasteiger partial charge in [-0.2, -0.15) is 0 Å². The molecular formula is C12H14ClN5OS. The molecule has 8 heteroatoms. The maximum absolute atomic E-state index is 11.8. The number of anilines is 2. The first-order valence-corrected chi connectivity index (χ1v) is 7.10. The van der Waals surface area contributed by atoms with Gasteiger partial charge in [-0.15, -0.1) is 0 Å². The van der Waals surface area contributed by atoms with E-state index in [0.29, 0.717) is 21.4 Å². The molecule has 0 aromatic carbocycles. The third-order valence-electron chi connectivity index (χ3n) is 2.32. The number of pyridine rings is 1. The lowest BCUT2D eigenvalue weighted by Gasteiger charge is -2.06. The van der Waals surface area contributed by atoms with Gasteiger partial charge in [-0.3, -0.25) is 14.2 Å². The van der Waals surface area contributed by atoms with Gasteiger partial charge in [-0.1, -0.05) is 11.6 Å². The van der Waals surface area contributed by atoms with Gasteiger partial charge in [0.05, 0.1) is 5.02 Å². The summed E-state index contributed by atoms with van der Waals surface area (Å²) in [5.74, 6) is 0.780. The second kappa shape index (κ2) is 6.06. The molecule has 2 aromatic heterocycles. The van der Waals surface area contributed by atoms with E-state index in [-0.39, 0.29) is 17.4 Å². The molecule has 0 amide bonds. The first kappa shape index (κ1) is 14.5. The molecule has 20 heavy (non-hydrogen) atoms. The van der Waals surface area contributed by atoms with Crippen LogP contribution < -0.4 is 16.6 Å². The molecule has 0 aliphatic rings. The second-order valence-corrected chi connectivity index (χ2v) is 5.59. The molecule has 6 nitrogen and oxygen atoms in total. The Morgan fingerprint density at radius 1 is 1.55 bits per heavy atom. The van der Waals surface area contributed by atoms with Crippen molar-refractivity contribution in [2.45, 2.75) is 19.9 Å². The van der Waals surface area contributed by atoms with Crippen molar-refractivity contribution in [1.29, 1.82) is 0 Å². The molecule has 0 radical (unpaired) electrons. The molecule has 2 aromatic rings. The summed E-state index contributed by atoms with van der Waals surface area (Å²) < 4.78 is 2.63. The van der Waals surface area contributed by atoms with Crippen molar-refractivity contribution >= 4 is 39.8 Å². The highest BCUT2D eigenvalue weighted by Crippen LogP contribution is 2.22. The van der Waals surface area contributed by atoms with Crippen LogP contribution in [0.15, 0.2) is 28.1 Å². The van der Waals surface area contributed by atoms with Crippen LogP contribution in [0.25, 0.3) is 0 Å². The Kier molecular flexibility index (Phi) is 4.41. The number of nitrogens with one attached hydrogen (secondary N) is 2. The Morgan fingerprint density at radius 2 is 2.30 bits per heavy atom. The average molecular weight is 312 g/mol. The van der Waals surface area contributed by atoms with Gasteiger partial charge in [0.25, 0.3) is 5.56 Å². The van der Waals surface area contributed by atoms with E-state index in [0.717, 1.165) is 11.5 Å². The highest BCUT2D eigenvalue weighted by molar-refractivity contribution is 7.10. The van der Waals surface area contributed by atoms with Crippen LogP contribution in [0.4, 0.5) is 10.8 Å². The normalized spacial score (nSPS) is 11.9. The molecule has 2 heterocycles. The fourth-order valence-corrected chi connectivity index (χ4v) is 2.40. The highest BCUT2D eigenvalue weighted by atomic mass is 35.5. The molecule has 0 bridgehead atoms. The number of H-pyrrole nitrogens is 1. The van der Waals surface area contributed by atoms with E-state index in [2.05, 4.69) is 19.7 Å². The van der Waals surface area contributed by atoms with Crippen LogP contribution in [-0.2, 0) is 0 Å². The molecule has 2 rings (SSSR count). The third-order valence-corrected chi connectivity index (χ3v) is 3.34. The maximum atomic E-state index is 11.8. The quantitative estimate of drug-likeness (QED) is 0.596. The molecule has 0 saturated carbocycles. The average Bonchev–Trinajstić information content (AvgIpc) is 2.72. The number of aromatic amines is 1. The number of aliphatic imine (C=N–C) groups is 1. The summed E-state index contributed by atoms with van der Waals surface area (Å²) in [6, 6.07) is 3.43. The second-order valence-electron chi connectivity index (χ2n) is 4.33. The minimum Gasteiger partial charge on any atom is -0.383 e. The standard InChI is InChI=1S/C12H14ClN5OS/c1-6(2)16-10(14)9-11(19)18-20-12(9)17-8-4-3-7(13)5-15-8/h3-6H,1-2H3,(H2,14,16)(H,15,17)(H,18,19). The van der Waals surface area contributed by atoms with Gasteiger partial charge in [0.1, 0.15) is 22.2 Å². The summed E-state index contributed by atoms with van der Waals surface area (Å²) in [7, 11) is 0. The molecule has 0 fully saturated rings. The first-order chi connectivity index (χ1) is 9.47. The van der Waals surface area contributed by atoms with Crippen LogP contribution >= 0.6 is 23.1 Å². The minimum absolute atomic E-state index is 0.0100. The van der Waals surface area contributed by atoms with Crippen molar-refractivity contribution in [3.05, 3.63) is 39.3 Å². The number of hydrogen-bond acceptors (Lipinski definition) is 5. The Bertz CT molecular complexity index is 674. The molecule has 0 saturated heterocycles. The van der Waals surface area contributed by atoms with Crippen LogP contribution in [0.2, 0.25) is 5.02 Å². The van der Waals surface area contributed by atoms with Crippen LogP contribution in [0.5, 0.6) is 0 Å². The molecule has 0 aliphatic carbocycles. The van der Waals surface area contributed by atoms with Crippen molar-refractivity contribution in [3.8, 4) is 0 Å². The first-order valence-electron chi connectivity index (χ1n) is 5.91. The number of nitrogens with zero attached hydrogens (tertiary/aromatic N) is 2. The van der Waals surface area contributed by atoms with Gasteiger partial charge in [0.15, 0.2) is 0 Å². The molecule has 0 aliphatic heterocycles. The number of nitrogens with two attached hydrogens (primary N) is 1. The molecule has 0 unspecified atom stereocenters. The van der Waals surface area contributed by atoms with E-state index >= 15 is 0 Å². The summed E-state index contributed by atoms with van der Waals surface area (Å²) in [5, 5.41) is 4.15. The molecule has 0 atom stereocenters. The van der Waals surface area contributed by atoms with Crippen molar-refractivity contribution in [3.63, 3.8) is 0 Å². The lowest BCUT2D eigenvalue weighted by molar-refractivity contribution is 0.834. The fourth-order valence-electron chi connectivity index (χ4n) is 1.53. The largest absolute Gasteiger partial charge is 0.383 e. The van der Waals surface area contributed by atoms with E-state index in [9.17, 15) is 4.79 Å². The highest BCUT2D eigenvalue weighted by Gasteiger charge is 2.15. The summed E-state index contributed by atoms with van der Waals surface area (Å²) >= 11 is 6.92. The Labute approximate surface area is 124 Å². The number of halogens is 1. The number of amidine groups is 1. The third kappa shape index (κ3) is 3.37. The van der Waals surface area contributed by atoms with E-state index in [1.165, 1.54) is 6.20 Å². The fraction of sp³-hybridized carbons (Fsp3) is 0.250. The Morgan fingerprint density at radius 3 is 2.90 bits per heavy atom. The summed E-state index contributed by atoms with van der Waals surface area (Å²) in [4.78, 5) is 20.1. The SMILES string of the molecule is CC(C)N=C(N)c1c(Nc2ccc(Cl)cn2)s[nH]c1=O. The monoisotopic (exact) mass is 311 g/mol. The van der Waals surface area contributed by atoms with Crippen LogP contribution in [0.3, 0.4) is 0 Å². The van der Waals surface area contributed by atoms with Crippen molar-refractivity contribution in [2.75, 3.05) is 5.32 Å². The summed E-state index contributed by atoms with van der Waals surface area (Å²) in [6.45, 7) is 3.78. The van der Waals surface area contributed by atoms with Crippen LogP contribution in [-0.4, -0.2) is 21.2 Å². The van der Waals surface area contributed by atoms with Crippen molar-refractivity contribution < 1.29 is 0 Å². The van der Waals surface area contributed by atoms with Gasteiger partial charge >= 0.3 is 0 Å². The van der Waals surface area contributed by atoms with Gasteiger partial charge in [0, 0.05) is 12.2 Å². The topological polar surface area (TPSA) is 96.2 Å². The predicted octanol–water partition coefficient (Wildman–Crippen LogP) is 2.34. The zero-order valence-electron chi connectivity index (χ0n) is 11.0. The van der Waals surface area contributed by atoms with Gasteiger partial charge in [-0.25, -0.2) is 4.98 Å². The number of hydrogen-bond donors (Lipinski definition) is 3. The van der Waals surface area contributed by atoms with Crippen molar-refractivity contribution in [1.82, 2.24) is 9.36 Å². The lowest BCUT2D eigenvalue weighted by atomic mass is 10.3. The zero-order chi connectivity index (χ0) is 14.7. The van der Waals surface area contributed by atoms with E-state index in [4.69, 9.17) is 17.3 Å². The lowest BCUT2D eigenvalue weighted by Crippen LogP contribution is -2.23. The molecular weight excluding hydrogens is 298 g/mol.